The molecule has 5 N–H and O–H groups in total. The Morgan fingerprint density at radius 2 is 1.67 bits per heavy atom. The summed E-state index contributed by atoms with van der Waals surface area (Å²) in [5.74, 6) is -5.51. The van der Waals surface area contributed by atoms with Crippen molar-refractivity contribution in [1.29, 1.82) is 0 Å². The molecule has 2 aromatic carbocycles. The number of nitrogens with zero attached hydrogens (tertiary/aromatic N) is 5. The smallest absolute Gasteiger partial charge is 0.381 e. The molecule has 7 atom stereocenters. The zero-order valence-corrected chi connectivity index (χ0v) is 51.4. The molecule has 0 spiro atoms. The molecule has 0 aliphatic carbocycles. The molecule has 0 aromatic heterocycles. The molecule has 2 aromatic rings. The number of urea groups is 1. The first kappa shape index (κ1) is 70.1. The van der Waals surface area contributed by atoms with Gasteiger partial charge in [-0.15, -0.1) is 16.7 Å². The lowest BCUT2D eigenvalue weighted by atomic mass is 9.83. The number of carbonyl (C=O) groups excluding carboxylic acids is 10. The van der Waals surface area contributed by atoms with E-state index in [1.54, 1.807) is 31.2 Å². The predicted octanol–water partition coefficient (Wildman–Crippen LogP) is 4.52. The molecule has 0 radical (unpaired) electrons. The van der Waals surface area contributed by atoms with Crippen molar-refractivity contribution in [3.63, 3.8) is 0 Å². The predicted molar refractivity (Wildman–Crippen MR) is 322 cm³/mol. The molecule has 10 amide bonds. The van der Waals surface area contributed by atoms with Gasteiger partial charge in [0.15, 0.2) is 5.72 Å². The van der Waals surface area contributed by atoms with Crippen molar-refractivity contribution in [3.8, 4) is 5.75 Å². The van der Waals surface area contributed by atoms with Crippen LogP contribution in [0.4, 0.5) is 21.9 Å². The third-order valence-corrected chi connectivity index (χ3v) is 16.2. The van der Waals surface area contributed by atoms with Crippen molar-refractivity contribution in [2.45, 2.75) is 107 Å². The number of likely N-dealkylation sites (tertiary alicyclic amines) is 1. The van der Waals surface area contributed by atoms with Crippen LogP contribution in [0.5, 0.6) is 5.75 Å². The molecule has 0 saturated carbocycles. The van der Waals surface area contributed by atoms with Gasteiger partial charge >= 0.3 is 12.0 Å². The fraction of sp³-hybridized carbons (Fsp3) is 0.492. The monoisotopic (exact) mass is 1250 g/mol. The highest BCUT2D eigenvalue weighted by molar-refractivity contribution is 8.00. The number of fused-ring (bicyclic) bond motifs is 2. The lowest BCUT2D eigenvalue weighted by Crippen LogP contribution is -2.56. The molecule has 2 bridgehead atoms. The first-order chi connectivity index (χ1) is 41.2. The van der Waals surface area contributed by atoms with E-state index >= 15 is 0 Å². The second-order valence-electron chi connectivity index (χ2n) is 21.3. The standard InChI is InChI=1S/C59H75ClN8O18S/c1-10-47(69)62-40-29-39(30-41(31-40)68-49(71)14-15-50(68)72)54(75)61-19-21-84-23-24-85-22-20-67-52(74)32-44(55(67)76)87-25-17-48(70)65(6)37(4)56(77)86-46-33-51(73)66(7)42-27-38(28-43(82-8)53(42)60)26-35(2)12-11-13-45(83-9)59(80,63-57(78)64-81)18-16-36(3)34-58(46,5)79/h10-15,27-31,36-37,44-46,79-80H,1,16-26,32-34H2,2-9H3,(H,61,75)(H,62,69)(H,63,78)/b13-11+,35-12+/t36-,37+,44?,45-,46+,58-,59+/m1/s1. The number of esters is 1. The third kappa shape index (κ3) is 19.4. The molecular formula is C59H75ClN8O18S. The van der Waals surface area contributed by atoms with Crippen LogP contribution < -0.4 is 30.5 Å². The maximum Gasteiger partial charge on any atom is 0.381 e. The summed E-state index contributed by atoms with van der Waals surface area (Å²) in [5.41, 5.74) is -2.09. The van der Waals surface area contributed by atoms with Crippen molar-refractivity contribution in [2.75, 3.05) is 88.7 Å². The second kappa shape index (κ2) is 32.4. The van der Waals surface area contributed by atoms with Crippen molar-refractivity contribution < 1.29 is 81.8 Å². The molecule has 26 nitrogen and oxygen atoms in total. The molecule has 1 fully saturated rings. The number of amides is 10. The number of aliphatic hydroxyl groups is 2. The van der Waals surface area contributed by atoms with Crippen molar-refractivity contribution in [3.05, 3.63) is 100.0 Å². The van der Waals surface area contributed by atoms with Crippen LogP contribution in [0.15, 0.2) is 84.1 Å². The summed E-state index contributed by atoms with van der Waals surface area (Å²) in [4.78, 5) is 145. The fourth-order valence-corrected chi connectivity index (χ4v) is 11.1. The molecule has 5 rings (SSSR count). The first-order valence-corrected chi connectivity index (χ1v) is 29.2. The van der Waals surface area contributed by atoms with Gasteiger partial charge in [-0.3, -0.25) is 43.3 Å². The van der Waals surface area contributed by atoms with E-state index in [0.717, 1.165) is 50.3 Å². The van der Waals surface area contributed by atoms with Crippen LogP contribution in [-0.4, -0.2) is 188 Å². The topological polar surface area (TPSA) is 336 Å². The lowest BCUT2D eigenvalue weighted by Gasteiger charge is -2.37. The van der Waals surface area contributed by atoms with E-state index in [1.807, 2.05) is 6.92 Å². The maximum atomic E-state index is 14.3. The van der Waals surface area contributed by atoms with Gasteiger partial charge < -0.3 is 59.6 Å². The summed E-state index contributed by atoms with van der Waals surface area (Å²) in [6.07, 6.45) is 4.58. The summed E-state index contributed by atoms with van der Waals surface area (Å²) in [5, 5.41) is 33.1. The number of imide groups is 2. The van der Waals surface area contributed by atoms with Crippen LogP contribution in [0.2, 0.25) is 5.02 Å². The van der Waals surface area contributed by atoms with E-state index in [1.165, 1.54) is 71.3 Å². The van der Waals surface area contributed by atoms with Gasteiger partial charge in [0.1, 0.15) is 29.0 Å². The van der Waals surface area contributed by atoms with Gasteiger partial charge in [0.25, 0.3) is 17.7 Å². The van der Waals surface area contributed by atoms with Gasteiger partial charge in [-0.25, -0.2) is 14.5 Å². The zero-order chi connectivity index (χ0) is 64.3. The molecule has 1 saturated heterocycles. The number of likely N-dealkylation sites (N-methyl/N-ethyl adjacent to an activating group) is 1. The summed E-state index contributed by atoms with van der Waals surface area (Å²) in [7, 11) is 5.56. The number of anilines is 3. The summed E-state index contributed by atoms with van der Waals surface area (Å²) in [6, 6.07) is 4.85. The van der Waals surface area contributed by atoms with E-state index < -0.39 is 106 Å². The Bertz CT molecular complexity index is 3030. The number of benzene rings is 2. The minimum Gasteiger partial charge on any atom is -0.495 e. The number of hydrogen-bond acceptors (Lipinski definition) is 19. The average Bonchev–Trinajstić information content (AvgIpc) is 2.21. The Morgan fingerprint density at radius 3 is 2.32 bits per heavy atom. The Balaban J connectivity index is 1.13. The van der Waals surface area contributed by atoms with E-state index in [-0.39, 0.29) is 111 Å². The highest BCUT2D eigenvalue weighted by Crippen LogP contribution is 2.38. The van der Waals surface area contributed by atoms with Crippen LogP contribution in [-0.2, 0) is 63.7 Å². The van der Waals surface area contributed by atoms with Crippen molar-refractivity contribution in [1.82, 2.24) is 20.4 Å². The molecule has 3 aliphatic heterocycles. The SMILES string of the molecule is C=CC(=O)Nc1cc(C(=O)NCCOCCOCCN2C(=O)CC(SCCC(=O)N(C)[C@@H](C)C(=O)O[C@H]3CC(=O)N(C)c4cc(cc(OC)c4Cl)C/C(C)=C/C=C/[C@@H](OC)[C@](O)(NC(=O)N=O)CC[C@@H](C)C[C@@]3(C)O)C2=O)cc(N2C(=O)C=CC2=O)c1. The minimum absolute atomic E-state index is 0.000224. The third-order valence-electron chi connectivity index (χ3n) is 14.6. The van der Waals surface area contributed by atoms with Crippen LogP contribution >= 0.6 is 23.4 Å². The van der Waals surface area contributed by atoms with Gasteiger partial charge in [0.05, 0.1) is 68.7 Å². The number of nitroso groups, excluding NO2 is 1. The number of allylic oxidation sites excluding steroid dienone is 3. The Labute approximate surface area is 512 Å². The number of hydrogen-bond donors (Lipinski definition) is 5. The number of ether oxygens (including phenoxy) is 5. The van der Waals surface area contributed by atoms with Crippen LogP contribution in [0.3, 0.4) is 0 Å². The molecule has 3 aliphatic rings. The van der Waals surface area contributed by atoms with Gasteiger partial charge in [-0.1, -0.05) is 48.9 Å². The molecule has 28 heteroatoms. The largest absolute Gasteiger partial charge is 0.495 e. The maximum absolute atomic E-state index is 14.3. The molecule has 1 unspecified atom stereocenters. The molecule has 472 valence electrons. The van der Waals surface area contributed by atoms with E-state index in [2.05, 4.69) is 27.7 Å². The summed E-state index contributed by atoms with van der Waals surface area (Å²) < 4.78 is 28.2. The number of methoxy groups -OCH3 is 2. The zero-order valence-electron chi connectivity index (χ0n) is 49.8. The molecule has 3 heterocycles. The highest BCUT2D eigenvalue weighted by atomic mass is 35.5. The molecular weight excluding hydrogens is 1180 g/mol. The number of carbonyl (C=O) groups is 10. The Kier molecular flexibility index (Phi) is 26.1. The van der Waals surface area contributed by atoms with E-state index in [4.69, 9.17) is 35.3 Å². The van der Waals surface area contributed by atoms with Gasteiger partial charge in [0, 0.05) is 74.9 Å². The average molecular weight is 1250 g/mol. The number of nitrogens with one attached hydrogen (secondary N) is 3. The van der Waals surface area contributed by atoms with Gasteiger partial charge in [-0.05, 0) is 94.3 Å². The van der Waals surface area contributed by atoms with Crippen molar-refractivity contribution in [2.24, 2.45) is 11.1 Å². The fourth-order valence-electron chi connectivity index (χ4n) is 9.68. The first-order valence-electron chi connectivity index (χ1n) is 27.8. The van der Waals surface area contributed by atoms with Gasteiger partial charge in [0.2, 0.25) is 29.5 Å². The van der Waals surface area contributed by atoms with Crippen molar-refractivity contribution >= 4 is 99.7 Å². The second-order valence-corrected chi connectivity index (χ2v) is 22.9. The minimum atomic E-state index is -2.16. The Hall–Kier alpha value is -7.66. The quantitative estimate of drug-likeness (QED) is 0.0255. The number of thioether (sulfide) groups is 1. The highest BCUT2D eigenvalue weighted by Gasteiger charge is 2.43. The van der Waals surface area contributed by atoms with Crippen LogP contribution in [0, 0.1) is 10.8 Å². The number of halogens is 1. The number of rotatable bonds is 23. The normalized spacial score (nSPS) is 23.4. The summed E-state index contributed by atoms with van der Waals surface area (Å²) in [6.45, 7) is 10.0. The lowest BCUT2D eigenvalue weighted by molar-refractivity contribution is -0.174. The van der Waals surface area contributed by atoms with Gasteiger partial charge in [-0.2, -0.15) is 0 Å². The van der Waals surface area contributed by atoms with Crippen LogP contribution in [0.25, 0.3) is 0 Å². The summed E-state index contributed by atoms with van der Waals surface area (Å²) >= 11 is 7.88. The Morgan fingerprint density at radius 1 is 0.977 bits per heavy atom. The van der Waals surface area contributed by atoms with Crippen LogP contribution in [0.1, 0.15) is 82.1 Å². The molecule has 87 heavy (non-hydrogen) atoms. The van der Waals surface area contributed by atoms with E-state index in [0.29, 0.717) is 12.0 Å². The van der Waals surface area contributed by atoms with E-state index in [9.17, 15) is 63.1 Å².